The molecule has 148 valence electrons. The number of aromatic nitrogens is 2. The number of nitrogens with zero attached hydrogens (tertiary/aromatic N) is 1. The second-order valence-electron chi connectivity index (χ2n) is 6.79. The Kier molecular flexibility index (Phi) is 6.30. The summed E-state index contributed by atoms with van der Waals surface area (Å²) in [6.07, 6.45) is 0.497. The van der Waals surface area contributed by atoms with Crippen LogP contribution in [0.3, 0.4) is 0 Å². The first-order valence-electron chi connectivity index (χ1n) is 9.16. The van der Waals surface area contributed by atoms with E-state index in [4.69, 9.17) is 4.74 Å². The second kappa shape index (κ2) is 8.88. The van der Waals surface area contributed by atoms with Crippen LogP contribution in [0.5, 0.6) is 0 Å². The van der Waals surface area contributed by atoms with Crippen molar-refractivity contribution < 1.29 is 14.3 Å². The normalized spacial score (nSPS) is 12.2. The maximum absolute atomic E-state index is 12.4. The lowest BCUT2D eigenvalue weighted by Crippen LogP contribution is -2.45. The highest BCUT2D eigenvalue weighted by Crippen LogP contribution is 2.12. The van der Waals surface area contributed by atoms with Gasteiger partial charge in [0.15, 0.2) is 0 Å². The van der Waals surface area contributed by atoms with Gasteiger partial charge in [-0.3, -0.25) is 9.36 Å². The Balaban J connectivity index is 1.54. The SMILES string of the molecule is CC(C)[C@H](NC(=O)c1cccs1)C(=O)OCCCn1c(=O)[nH]c2ccccc21. The number of hydrogen-bond acceptors (Lipinski definition) is 5. The molecular formula is C20H23N3O4S. The monoisotopic (exact) mass is 401 g/mol. The number of nitrogens with one attached hydrogen (secondary N) is 2. The minimum Gasteiger partial charge on any atom is -0.464 e. The molecule has 0 aliphatic heterocycles. The van der Waals surface area contributed by atoms with E-state index in [0.29, 0.717) is 17.8 Å². The average Bonchev–Trinajstić information content (AvgIpc) is 3.30. The average molecular weight is 401 g/mol. The third-order valence-electron chi connectivity index (χ3n) is 4.40. The minimum atomic E-state index is -0.717. The van der Waals surface area contributed by atoms with Gasteiger partial charge in [-0.15, -0.1) is 11.3 Å². The maximum atomic E-state index is 12.4. The molecule has 2 N–H and O–H groups in total. The number of ether oxygens (including phenoxy) is 1. The Morgan fingerprint density at radius 1 is 1.21 bits per heavy atom. The highest BCUT2D eigenvalue weighted by Gasteiger charge is 2.26. The number of amides is 1. The van der Waals surface area contributed by atoms with Crippen molar-refractivity contribution in [2.75, 3.05) is 6.61 Å². The lowest BCUT2D eigenvalue weighted by atomic mass is 10.0. The van der Waals surface area contributed by atoms with Gasteiger partial charge >= 0.3 is 11.7 Å². The largest absolute Gasteiger partial charge is 0.464 e. The zero-order chi connectivity index (χ0) is 20.1. The third-order valence-corrected chi connectivity index (χ3v) is 5.27. The van der Waals surface area contributed by atoms with Crippen molar-refractivity contribution in [1.82, 2.24) is 14.9 Å². The number of carbonyl (C=O) groups excluding carboxylic acids is 2. The molecule has 0 radical (unpaired) electrons. The van der Waals surface area contributed by atoms with Crippen molar-refractivity contribution in [3.63, 3.8) is 0 Å². The molecule has 7 nitrogen and oxygen atoms in total. The number of aromatic amines is 1. The number of imidazole rings is 1. The van der Waals surface area contributed by atoms with Crippen molar-refractivity contribution in [1.29, 1.82) is 0 Å². The lowest BCUT2D eigenvalue weighted by molar-refractivity contribution is -0.147. The molecule has 28 heavy (non-hydrogen) atoms. The van der Waals surface area contributed by atoms with Gasteiger partial charge in [0.05, 0.1) is 22.5 Å². The van der Waals surface area contributed by atoms with E-state index in [1.54, 1.807) is 16.7 Å². The number of esters is 1. The number of aryl methyl sites for hydroxylation is 1. The van der Waals surface area contributed by atoms with Gasteiger partial charge in [0.1, 0.15) is 6.04 Å². The van der Waals surface area contributed by atoms with E-state index in [-0.39, 0.29) is 24.1 Å². The van der Waals surface area contributed by atoms with Crippen LogP contribution in [-0.4, -0.2) is 34.1 Å². The topological polar surface area (TPSA) is 93.2 Å². The molecule has 2 aromatic heterocycles. The molecule has 3 aromatic rings. The highest BCUT2D eigenvalue weighted by molar-refractivity contribution is 7.12. The van der Waals surface area contributed by atoms with Gasteiger partial charge in [-0.25, -0.2) is 9.59 Å². The highest BCUT2D eigenvalue weighted by atomic mass is 32.1. The van der Waals surface area contributed by atoms with Crippen molar-refractivity contribution in [3.8, 4) is 0 Å². The van der Waals surface area contributed by atoms with E-state index >= 15 is 0 Å². The van der Waals surface area contributed by atoms with Crippen LogP contribution < -0.4 is 11.0 Å². The van der Waals surface area contributed by atoms with Gasteiger partial charge in [-0.1, -0.05) is 32.0 Å². The van der Waals surface area contributed by atoms with Crippen LogP contribution in [-0.2, 0) is 16.1 Å². The van der Waals surface area contributed by atoms with Gasteiger partial charge < -0.3 is 15.0 Å². The first-order chi connectivity index (χ1) is 13.5. The van der Waals surface area contributed by atoms with Crippen molar-refractivity contribution in [2.24, 2.45) is 5.92 Å². The molecular weight excluding hydrogens is 378 g/mol. The molecule has 0 bridgehead atoms. The fraction of sp³-hybridized carbons (Fsp3) is 0.350. The Bertz CT molecular complexity index is 1000. The van der Waals surface area contributed by atoms with Crippen LogP contribution in [0, 0.1) is 5.92 Å². The van der Waals surface area contributed by atoms with Gasteiger partial charge in [-0.05, 0) is 35.9 Å². The van der Waals surface area contributed by atoms with Crippen LogP contribution in [0.4, 0.5) is 0 Å². The van der Waals surface area contributed by atoms with Crippen molar-refractivity contribution in [2.45, 2.75) is 32.9 Å². The lowest BCUT2D eigenvalue weighted by Gasteiger charge is -2.20. The first-order valence-corrected chi connectivity index (χ1v) is 10.0. The van der Waals surface area contributed by atoms with Crippen molar-refractivity contribution in [3.05, 3.63) is 57.1 Å². The summed E-state index contributed by atoms with van der Waals surface area (Å²) in [5.41, 5.74) is 1.42. The van der Waals surface area contributed by atoms with Crippen LogP contribution >= 0.6 is 11.3 Å². The summed E-state index contributed by atoms with van der Waals surface area (Å²) in [5.74, 6) is -0.852. The fourth-order valence-corrected chi connectivity index (χ4v) is 3.56. The van der Waals surface area contributed by atoms with E-state index in [2.05, 4.69) is 10.3 Å². The van der Waals surface area contributed by atoms with Crippen LogP contribution in [0.15, 0.2) is 46.6 Å². The molecule has 0 spiro atoms. The smallest absolute Gasteiger partial charge is 0.328 e. The molecule has 3 rings (SSSR count). The molecule has 0 aliphatic carbocycles. The molecule has 1 amide bonds. The van der Waals surface area contributed by atoms with E-state index in [0.717, 1.165) is 11.0 Å². The molecule has 0 fully saturated rings. The molecule has 1 aromatic carbocycles. The number of H-pyrrole nitrogens is 1. The molecule has 0 saturated heterocycles. The van der Waals surface area contributed by atoms with Gasteiger partial charge in [0.25, 0.3) is 5.91 Å². The number of rotatable bonds is 8. The molecule has 2 heterocycles. The van der Waals surface area contributed by atoms with Gasteiger partial charge in [0.2, 0.25) is 0 Å². The number of benzene rings is 1. The molecule has 0 aliphatic rings. The van der Waals surface area contributed by atoms with Crippen LogP contribution in [0.2, 0.25) is 0 Å². The zero-order valence-electron chi connectivity index (χ0n) is 15.8. The number of fused-ring (bicyclic) bond motifs is 1. The third kappa shape index (κ3) is 4.51. The Hall–Kier alpha value is -2.87. The van der Waals surface area contributed by atoms with Gasteiger partial charge in [-0.2, -0.15) is 0 Å². The summed E-state index contributed by atoms with van der Waals surface area (Å²) in [4.78, 5) is 40.0. The molecule has 1 atom stereocenters. The summed E-state index contributed by atoms with van der Waals surface area (Å²) in [6.45, 7) is 4.31. The van der Waals surface area contributed by atoms with Gasteiger partial charge in [0, 0.05) is 6.54 Å². The standard InChI is InChI=1S/C20H23N3O4S/c1-13(2)17(22-18(24)16-9-5-12-28-16)19(25)27-11-6-10-23-15-8-4-3-7-14(15)21-20(23)26/h3-5,7-9,12-13,17H,6,10-11H2,1-2H3,(H,21,26)(H,22,24)/t17-/m0/s1. The summed E-state index contributed by atoms with van der Waals surface area (Å²) in [7, 11) is 0. The summed E-state index contributed by atoms with van der Waals surface area (Å²) in [6, 6.07) is 10.2. The van der Waals surface area contributed by atoms with Crippen LogP contribution in [0.1, 0.15) is 29.9 Å². The first kappa shape index (κ1) is 19.9. The van der Waals surface area contributed by atoms with Crippen molar-refractivity contribution >= 4 is 34.2 Å². The maximum Gasteiger partial charge on any atom is 0.328 e. The number of para-hydroxylation sites is 2. The van der Waals surface area contributed by atoms with E-state index in [9.17, 15) is 14.4 Å². The molecule has 0 unspecified atom stereocenters. The Morgan fingerprint density at radius 2 is 2.00 bits per heavy atom. The minimum absolute atomic E-state index is 0.104. The van der Waals surface area contributed by atoms with E-state index in [1.165, 1.54) is 11.3 Å². The second-order valence-corrected chi connectivity index (χ2v) is 7.74. The predicted molar refractivity (Wildman–Crippen MR) is 109 cm³/mol. The van der Waals surface area contributed by atoms with Crippen LogP contribution in [0.25, 0.3) is 11.0 Å². The Morgan fingerprint density at radius 3 is 2.71 bits per heavy atom. The number of carbonyl (C=O) groups is 2. The number of hydrogen-bond donors (Lipinski definition) is 2. The predicted octanol–water partition coefficient (Wildman–Crippen LogP) is 2.78. The molecule has 8 heteroatoms. The zero-order valence-corrected chi connectivity index (χ0v) is 16.6. The quantitative estimate of drug-likeness (QED) is 0.448. The Labute approximate surface area is 166 Å². The van der Waals surface area contributed by atoms with E-state index < -0.39 is 12.0 Å². The summed E-state index contributed by atoms with van der Waals surface area (Å²) < 4.78 is 6.98. The van der Waals surface area contributed by atoms with E-state index in [1.807, 2.05) is 43.5 Å². The fourth-order valence-electron chi connectivity index (χ4n) is 2.93. The summed E-state index contributed by atoms with van der Waals surface area (Å²) in [5, 5.41) is 4.55. The number of thiophene rings is 1. The summed E-state index contributed by atoms with van der Waals surface area (Å²) >= 11 is 1.32. The molecule has 0 saturated carbocycles.